The Morgan fingerprint density at radius 2 is 1.84 bits per heavy atom. The number of anilines is 1. The maximum atomic E-state index is 12.5. The smallest absolute Gasteiger partial charge is 0.254 e. The molecular weight excluding hydrogens is 240 g/mol. The van der Waals surface area contributed by atoms with E-state index in [1.165, 1.54) is 13.3 Å². The maximum Gasteiger partial charge on any atom is 0.254 e. The topological polar surface area (TPSA) is 49.4 Å². The molecule has 19 heavy (non-hydrogen) atoms. The van der Waals surface area contributed by atoms with Crippen LogP contribution < -0.4 is 5.32 Å². The van der Waals surface area contributed by atoms with Crippen molar-refractivity contribution in [2.75, 3.05) is 18.4 Å². The van der Waals surface area contributed by atoms with Crippen LogP contribution in [0.25, 0.3) is 0 Å². The van der Waals surface area contributed by atoms with Gasteiger partial charge in [-0.25, -0.2) is 0 Å². The van der Waals surface area contributed by atoms with Crippen LogP contribution in [0.4, 0.5) is 5.69 Å². The van der Waals surface area contributed by atoms with Gasteiger partial charge in [-0.15, -0.1) is 0 Å². The van der Waals surface area contributed by atoms with Gasteiger partial charge in [0.25, 0.3) is 5.91 Å². The SMILES string of the molecule is CC(=O)Nc1ccc(C)c(C(=O)N2CCCCC2)c1. The maximum absolute atomic E-state index is 12.5. The number of nitrogens with one attached hydrogen (secondary N) is 1. The van der Waals surface area contributed by atoms with E-state index in [2.05, 4.69) is 5.32 Å². The average molecular weight is 260 g/mol. The molecule has 2 amide bonds. The molecule has 0 spiro atoms. The first-order valence-electron chi connectivity index (χ1n) is 6.75. The van der Waals surface area contributed by atoms with E-state index in [1.54, 1.807) is 6.07 Å². The Bertz CT molecular complexity index is 491. The Hall–Kier alpha value is -1.84. The first-order chi connectivity index (χ1) is 9.08. The molecule has 1 aromatic carbocycles. The molecule has 1 aliphatic rings. The molecule has 1 heterocycles. The number of carbonyl (C=O) groups excluding carboxylic acids is 2. The van der Waals surface area contributed by atoms with Crippen LogP contribution >= 0.6 is 0 Å². The summed E-state index contributed by atoms with van der Waals surface area (Å²) in [7, 11) is 0. The zero-order chi connectivity index (χ0) is 13.8. The van der Waals surface area contributed by atoms with E-state index in [4.69, 9.17) is 0 Å². The van der Waals surface area contributed by atoms with E-state index >= 15 is 0 Å². The van der Waals surface area contributed by atoms with Crippen molar-refractivity contribution in [1.82, 2.24) is 4.90 Å². The highest BCUT2D eigenvalue weighted by Gasteiger charge is 2.19. The van der Waals surface area contributed by atoms with Crippen molar-refractivity contribution < 1.29 is 9.59 Å². The van der Waals surface area contributed by atoms with Gasteiger partial charge in [0.1, 0.15) is 0 Å². The van der Waals surface area contributed by atoms with Crippen LogP contribution in [-0.4, -0.2) is 29.8 Å². The number of rotatable bonds is 2. The largest absolute Gasteiger partial charge is 0.339 e. The van der Waals surface area contributed by atoms with Crippen LogP contribution in [0.15, 0.2) is 18.2 Å². The number of likely N-dealkylation sites (tertiary alicyclic amines) is 1. The lowest BCUT2D eigenvalue weighted by Crippen LogP contribution is -2.36. The fraction of sp³-hybridized carbons (Fsp3) is 0.467. The summed E-state index contributed by atoms with van der Waals surface area (Å²) in [5.74, 6) is -0.0513. The van der Waals surface area contributed by atoms with E-state index in [1.807, 2.05) is 24.0 Å². The lowest BCUT2D eigenvalue weighted by Gasteiger charge is -2.27. The van der Waals surface area contributed by atoms with Crippen LogP contribution in [0, 0.1) is 6.92 Å². The summed E-state index contributed by atoms with van der Waals surface area (Å²) in [4.78, 5) is 25.5. The Morgan fingerprint density at radius 3 is 2.47 bits per heavy atom. The lowest BCUT2D eigenvalue weighted by atomic mass is 10.0. The van der Waals surface area contributed by atoms with E-state index < -0.39 is 0 Å². The quantitative estimate of drug-likeness (QED) is 0.888. The van der Waals surface area contributed by atoms with Crippen LogP contribution in [0.3, 0.4) is 0 Å². The molecule has 0 bridgehead atoms. The molecule has 0 saturated carbocycles. The minimum Gasteiger partial charge on any atom is -0.339 e. The highest BCUT2D eigenvalue weighted by molar-refractivity contribution is 5.98. The minimum atomic E-state index is -0.125. The summed E-state index contributed by atoms with van der Waals surface area (Å²) in [6, 6.07) is 5.47. The standard InChI is InChI=1S/C15H20N2O2/c1-11-6-7-13(16-12(2)18)10-14(11)15(19)17-8-4-3-5-9-17/h6-7,10H,3-5,8-9H2,1-2H3,(H,16,18). The summed E-state index contributed by atoms with van der Waals surface area (Å²) in [6.45, 7) is 5.06. The average Bonchev–Trinajstić information content (AvgIpc) is 2.40. The predicted molar refractivity (Wildman–Crippen MR) is 75.2 cm³/mol. The van der Waals surface area contributed by atoms with Gasteiger partial charge in [-0.1, -0.05) is 6.07 Å². The monoisotopic (exact) mass is 260 g/mol. The van der Waals surface area contributed by atoms with Crippen molar-refractivity contribution >= 4 is 17.5 Å². The van der Waals surface area contributed by atoms with E-state index in [9.17, 15) is 9.59 Å². The number of hydrogen-bond acceptors (Lipinski definition) is 2. The molecule has 102 valence electrons. The molecule has 0 unspecified atom stereocenters. The van der Waals surface area contributed by atoms with E-state index in [0.717, 1.165) is 31.5 Å². The van der Waals surface area contributed by atoms with Gasteiger partial charge in [-0.05, 0) is 43.9 Å². The summed E-state index contributed by atoms with van der Waals surface area (Å²) in [6.07, 6.45) is 3.36. The van der Waals surface area contributed by atoms with Crippen LogP contribution in [0.5, 0.6) is 0 Å². The van der Waals surface area contributed by atoms with Crippen molar-refractivity contribution in [3.63, 3.8) is 0 Å². The minimum absolute atomic E-state index is 0.0735. The van der Waals surface area contributed by atoms with E-state index in [-0.39, 0.29) is 11.8 Å². The van der Waals surface area contributed by atoms with Gasteiger partial charge >= 0.3 is 0 Å². The number of hydrogen-bond donors (Lipinski definition) is 1. The normalized spacial score (nSPS) is 15.2. The molecule has 1 aromatic rings. The predicted octanol–water partition coefficient (Wildman–Crippen LogP) is 2.58. The van der Waals surface area contributed by atoms with Crippen molar-refractivity contribution in [3.8, 4) is 0 Å². The second-order valence-electron chi connectivity index (χ2n) is 5.06. The molecule has 0 radical (unpaired) electrons. The molecular formula is C15H20N2O2. The summed E-state index contributed by atoms with van der Waals surface area (Å²) in [5.41, 5.74) is 2.32. The molecule has 2 rings (SSSR count). The number of nitrogens with zero attached hydrogens (tertiary/aromatic N) is 1. The first-order valence-corrected chi connectivity index (χ1v) is 6.75. The molecule has 4 nitrogen and oxygen atoms in total. The number of amides is 2. The van der Waals surface area contributed by atoms with Gasteiger partial charge in [0.2, 0.25) is 5.91 Å². The number of carbonyl (C=O) groups is 2. The molecule has 0 atom stereocenters. The third-order valence-corrected chi connectivity index (χ3v) is 3.43. The zero-order valence-electron chi connectivity index (χ0n) is 11.5. The molecule has 1 fully saturated rings. The third-order valence-electron chi connectivity index (χ3n) is 3.43. The van der Waals surface area contributed by atoms with Gasteiger partial charge in [0.05, 0.1) is 0 Å². The Kier molecular flexibility index (Phi) is 4.20. The van der Waals surface area contributed by atoms with Crippen LogP contribution in [-0.2, 0) is 4.79 Å². The van der Waals surface area contributed by atoms with Crippen molar-refractivity contribution in [2.45, 2.75) is 33.1 Å². The Balaban J connectivity index is 2.21. The summed E-state index contributed by atoms with van der Waals surface area (Å²) < 4.78 is 0. The van der Waals surface area contributed by atoms with Crippen LogP contribution in [0.1, 0.15) is 42.1 Å². The van der Waals surface area contributed by atoms with Crippen molar-refractivity contribution in [3.05, 3.63) is 29.3 Å². The Morgan fingerprint density at radius 1 is 1.16 bits per heavy atom. The lowest BCUT2D eigenvalue weighted by molar-refractivity contribution is -0.114. The second kappa shape index (κ2) is 5.87. The zero-order valence-corrected chi connectivity index (χ0v) is 11.5. The fourth-order valence-corrected chi connectivity index (χ4v) is 2.40. The molecule has 0 aliphatic carbocycles. The number of benzene rings is 1. The van der Waals surface area contributed by atoms with Gasteiger partial charge in [-0.2, -0.15) is 0 Å². The van der Waals surface area contributed by atoms with Crippen molar-refractivity contribution in [2.24, 2.45) is 0 Å². The molecule has 4 heteroatoms. The summed E-state index contributed by atoms with van der Waals surface area (Å²) in [5, 5.41) is 2.72. The number of piperidine rings is 1. The Labute approximate surface area is 113 Å². The van der Waals surface area contributed by atoms with Gasteiger partial charge in [-0.3, -0.25) is 9.59 Å². The molecule has 1 aliphatic heterocycles. The highest BCUT2D eigenvalue weighted by Crippen LogP contribution is 2.19. The fourth-order valence-electron chi connectivity index (χ4n) is 2.40. The van der Waals surface area contributed by atoms with Gasteiger partial charge < -0.3 is 10.2 Å². The van der Waals surface area contributed by atoms with Gasteiger partial charge in [0, 0.05) is 31.3 Å². The summed E-state index contributed by atoms with van der Waals surface area (Å²) >= 11 is 0. The number of aryl methyl sites for hydroxylation is 1. The highest BCUT2D eigenvalue weighted by atomic mass is 16.2. The van der Waals surface area contributed by atoms with Gasteiger partial charge in [0.15, 0.2) is 0 Å². The van der Waals surface area contributed by atoms with E-state index in [0.29, 0.717) is 11.3 Å². The molecule has 1 N–H and O–H groups in total. The first kappa shape index (κ1) is 13.6. The van der Waals surface area contributed by atoms with Crippen LogP contribution in [0.2, 0.25) is 0 Å². The second-order valence-corrected chi connectivity index (χ2v) is 5.06. The molecule has 0 aromatic heterocycles. The third kappa shape index (κ3) is 3.34. The molecule has 1 saturated heterocycles. The van der Waals surface area contributed by atoms with Crippen molar-refractivity contribution in [1.29, 1.82) is 0 Å².